The maximum Gasteiger partial charge on any atom is 0.264 e. The van der Waals surface area contributed by atoms with Gasteiger partial charge < -0.3 is 14.5 Å². The van der Waals surface area contributed by atoms with E-state index in [0.29, 0.717) is 0 Å². The molecule has 1 fully saturated rings. The van der Waals surface area contributed by atoms with Crippen LogP contribution < -0.4 is 14.5 Å². The minimum absolute atomic E-state index is 0.00595. The zero-order valence-electron chi connectivity index (χ0n) is 9.98. The van der Waals surface area contributed by atoms with Crippen LogP contribution in [0, 0.1) is 0 Å². The molecule has 90 valence electrons. The molecule has 0 spiro atoms. The number of fused-ring (bicyclic) bond motifs is 1. The van der Waals surface area contributed by atoms with E-state index in [1.807, 2.05) is 12.1 Å². The van der Waals surface area contributed by atoms with Gasteiger partial charge in [-0.2, -0.15) is 0 Å². The second kappa shape index (κ2) is 3.95. The molecule has 1 amide bonds. The largest absolute Gasteiger partial charge is 0.481 e. The molecule has 0 saturated carbocycles. The number of hydrogen-bond donors (Lipinski definition) is 0. The zero-order valence-corrected chi connectivity index (χ0v) is 9.98. The van der Waals surface area contributed by atoms with E-state index in [2.05, 4.69) is 11.0 Å². The third kappa shape index (κ3) is 1.73. The van der Waals surface area contributed by atoms with Crippen molar-refractivity contribution in [3.05, 3.63) is 18.2 Å². The van der Waals surface area contributed by atoms with Crippen molar-refractivity contribution in [2.45, 2.75) is 12.8 Å². The highest BCUT2D eigenvalue weighted by Crippen LogP contribution is 2.35. The van der Waals surface area contributed by atoms with Crippen molar-refractivity contribution >= 4 is 17.3 Å². The summed E-state index contributed by atoms with van der Waals surface area (Å²) in [5, 5.41) is 0. The second-order valence-electron chi connectivity index (χ2n) is 4.59. The number of carbonyl (C=O) groups is 1. The zero-order chi connectivity index (χ0) is 11.8. The van der Waals surface area contributed by atoms with Crippen LogP contribution in [0.1, 0.15) is 12.8 Å². The molecule has 17 heavy (non-hydrogen) atoms. The van der Waals surface area contributed by atoms with Gasteiger partial charge in [-0.25, -0.2) is 0 Å². The molecular formula is C13H16N2O2. The number of benzene rings is 1. The fourth-order valence-electron chi connectivity index (χ4n) is 2.44. The average molecular weight is 232 g/mol. The lowest BCUT2D eigenvalue weighted by molar-refractivity contribution is -0.120. The summed E-state index contributed by atoms with van der Waals surface area (Å²) in [6, 6.07) is 6.09. The number of anilines is 2. The van der Waals surface area contributed by atoms with Gasteiger partial charge in [-0.05, 0) is 25.0 Å². The van der Waals surface area contributed by atoms with Gasteiger partial charge in [-0.15, -0.1) is 0 Å². The molecule has 2 aliphatic heterocycles. The first kappa shape index (κ1) is 10.4. The standard InChI is InChI=1S/C13H16N2O2/c1-14-11-5-4-10(15-6-2-3-7-15)8-12(11)17-9-13(14)16/h4-5,8H,2-3,6-7,9H2,1H3. The van der Waals surface area contributed by atoms with Crippen molar-refractivity contribution in [2.24, 2.45) is 0 Å². The third-order valence-electron chi connectivity index (χ3n) is 3.50. The SMILES string of the molecule is CN1C(=O)COc2cc(N3CCCC3)ccc21. The highest BCUT2D eigenvalue weighted by molar-refractivity contribution is 5.97. The number of likely N-dealkylation sites (N-methyl/N-ethyl adjacent to an activating group) is 1. The van der Waals surface area contributed by atoms with Crippen molar-refractivity contribution in [2.75, 3.05) is 36.5 Å². The molecule has 0 aliphatic carbocycles. The highest BCUT2D eigenvalue weighted by atomic mass is 16.5. The van der Waals surface area contributed by atoms with Crippen LogP contribution in [0.15, 0.2) is 18.2 Å². The molecule has 0 atom stereocenters. The highest BCUT2D eigenvalue weighted by Gasteiger charge is 2.23. The first-order valence-electron chi connectivity index (χ1n) is 6.04. The van der Waals surface area contributed by atoms with Crippen LogP contribution in [-0.2, 0) is 4.79 Å². The van der Waals surface area contributed by atoms with Crippen molar-refractivity contribution in [3.8, 4) is 5.75 Å². The lowest BCUT2D eigenvalue weighted by Crippen LogP contribution is -2.35. The van der Waals surface area contributed by atoms with Gasteiger partial charge in [-0.1, -0.05) is 0 Å². The van der Waals surface area contributed by atoms with Gasteiger partial charge in [0.1, 0.15) is 5.75 Å². The fourth-order valence-corrected chi connectivity index (χ4v) is 2.44. The van der Waals surface area contributed by atoms with E-state index in [1.54, 1.807) is 11.9 Å². The molecule has 0 radical (unpaired) electrons. The molecule has 1 aromatic rings. The molecule has 0 N–H and O–H groups in total. The van der Waals surface area contributed by atoms with Crippen molar-refractivity contribution in [3.63, 3.8) is 0 Å². The Morgan fingerprint density at radius 3 is 2.76 bits per heavy atom. The van der Waals surface area contributed by atoms with Crippen molar-refractivity contribution < 1.29 is 9.53 Å². The van der Waals surface area contributed by atoms with Gasteiger partial charge in [0.2, 0.25) is 0 Å². The van der Waals surface area contributed by atoms with Crippen LogP contribution in [-0.4, -0.2) is 32.7 Å². The first-order chi connectivity index (χ1) is 8.25. The molecule has 0 unspecified atom stereocenters. The van der Waals surface area contributed by atoms with E-state index in [-0.39, 0.29) is 12.5 Å². The third-order valence-corrected chi connectivity index (χ3v) is 3.50. The normalized spacial score (nSPS) is 19.2. The predicted molar refractivity (Wildman–Crippen MR) is 66.8 cm³/mol. The Kier molecular flexibility index (Phi) is 2.42. The Labute approximate surface area is 101 Å². The van der Waals surface area contributed by atoms with E-state index < -0.39 is 0 Å². The van der Waals surface area contributed by atoms with Gasteiger partial charge in [0, 0.05) is 31.9 Å². The summed E-state index contributed by atoms with van der Waals surface area (Å²) in [6.45, 7) is 2.38. The Morgan fingerprint density at radius 1 is 1.24 bits per heavy atom. The van der Waals surface area contributed by atoms with Crippen LogP contribution in [0.2, 0.25) is 0 Å². The van der Waals surface area contributed by atoms with E-state index in [9.17, 15) is 4.79 Å². The predicted octanol–water partition coefficient (Wildman–Crippen LogP) is 1.64. The van der Waals surface area contributed by atoms with E-state index >= 15 is 0 Å². The van der Waals surface area contributed by atoms with Gasteiger partial charge >= 0.3 is 0 Å². The van der Waals surface area contributed by atoms with E-state index in [4.69, 9.17) is 4.74 Å². The fraction of sp³-hybridized carbons (Fsp3) is 0.462. The molecule has 2 aliphatic rings. The number of rotatable bonds is 1. The summed E-state index contributed by atoms with van der Waals surface area (Å²) in [5.74, 6) is 0.822. The molecular weight excluding hydrogens is 216 g/mol. The maximum atomic E-state index is 11.5. The molecule has 4 nitrogen and oxygen atoms in total. The Bertz CT molecular complexity index is 453. The van der Waals surface area contributed by atoms with Crippen LogP contribution in [0.25, 0.3) is 0 Å². The van der Waals surface area contributed by atoms with E-state index in [1.165, 1.54) is 18.5 Å². The Hall–Kier alpha value is -1.71. The topological polar surface area (TPSA) is 32.8 Å². The lowest BCUT2D eigenvalue weighted by atomic mass is 10.2. The van der Waals surface area contributed by atoms with Gasteiger partial charge in [-0.3, -0.25) is 4.79 Å². The molecule has 0 bridgehead atoms. The summed E-state index contributed by atoms with van der Waals surface area (Å²) < 4.78 is 5.49. The molecule has 1 saturated heterocycles. The van der Waals surface area contributed by atoms with Gasteiger partial charge in [0.15, 0.2) is 6.61 Å². The summed E-state index contributed by atoms with van der Waals surface area (Å²) in [7, 11) is 1.79. The Balaban J connectivity index is 1.93. The smallest absolute Gasteiger partial charge is 0.264 e. The number of nitrogens with zero attached hydrogens (tertiary/aromatic N) is 2. The molecule has 0 aromatic heterocycles. The summed E-state index contributed by atoms with van der Waals surface area (Å²) in [6.07, 6.45) is 2.52. The molecule has 3 rings (SSSR count). The number of carbonyl (C=O) groups excluding carboxylic acids is 1. The lowest BCUT2D eigenvalue weighted by Gasteiger charge is -2.27. The maximum absolute atomic E-state index is 11.5. The van der Waals surface area contributed by atoms with Crippen molar-refractivity contribution in [1.29, 1.82) is 0 Å². The average Bonchev–Trinajstić information content (AvgIpc) is 2.87. The summed E-state index contributed by atoms with van der Waals surface area (Å²) in [4.78, 5) is 15.5. The first-order valence-corrected chi connectivity index (χ1v) is 6.04. The minimum Gasteiger partial charge on any atom is -0.481 e. The quantitative estimate of drug-likeness (QED) is 0.738. The Morgan fingerprint density at radius 2 is 2.00 bits per heavy atom. The van der Waals surface area contributed by atoms with Gasteiger partial charge in [0.05, 0.1) is 5.69 Å². The molecule has 2 heterocycles. The number of hydrogen-bond acceptors (Lipinski definition) is 3. The van der Waals surface area contributed by atoms with Crippen LogP contribution >= 0.6 is 0 Å². The van der Waals surface area contributed by atoms with Crippen molar-refractivity contribution in [1.82, 2.24) is 0 Å². The number of ether oxygens (including phenoxy) is 1. The molecule has 1 aromatic carbocycles. The molecule has 4 heteroatoms. The summed E-state index contributed by atoms with van der Waals surface area (Å²) in [5.41, 5.74) is 2.06. The second-order valence-corrected chi connectivity index (χ2v) is 4.59. The monoisotopic (exact) mass is 232 g/mol. The van der Waals surface area contributed by atoms with Gasteiger partial charge in [0.25, 0.3) is 5.91 Å². The summed E-state index contributed by atoms with van der Waals surface area (Å²) >= 11 is 0. The van der Waals surface area contributed by atoms with Crippen LogP contribution in [0.5, 0.6) is 5.75 Å². The number of amides is 1. The minimum atomic E-state index is 0.00595. The van der Waals surface area contributed by atoms with Crippen LogP contribution in [0.3, 0.4) is 0 Å². The van der Waals surface area contributed by atoms with E-state index in [0.717, 1.165) is 24.5 Å². The van der Waals surface area contributed by atoms with Crippen LogP contribution in [0.4, 0.5) is 11.4 Å².